The van der Waals surface area contributed by atoms with Crippen LogP contribution in [0.2, 0.25) is 0 Å². The van der Waals surface area contributed by atoms with Gasteiger partial charge in [0, 0.05) is 39.2 Å². The third-order valence-electron chi connectivity index (χ3n) is 4.10. The van der Waals surface area contributed by atoms with Crippen molar-refractivity contribution >= 4 is 35.8 Å². The van der Waals surface area contributed by atoms with Crippen LogP contribution >= 0.6 is 24.0 Å². The van der Waals surface area contributed by atoms with Crippen molar-refractivity contribution in [2.75, 3.05) is 26.8 Å². The zero-order valence-corrected chi connectivity index (χ0v) is 18.3. The van der Waals surface area contributed by atoms with Gasteiger partial charge in [-0.25, -0.2) is 4.99 Å². The first-order valence-electron chi connectivity index (χ1n) is 9.01. The molecule has 1 heterocycles. The number of carbonyl (C=O) groups excluding carboxylic acids is 1. The van der Waals surface area contributed by atoms with Crippen LogP contribution in [0.3, 0.4) is 0 Å². The van der Waals surface area contributed by atoms with Crippen LogP contribution in [-0.4, -0.2) is 49.6 Å². The second-order valence-corrected chi connectivity index (χ2v) is 6.43. The van der Waals surface area contributed by atoms with Gasteiger partial charge in [-0.2, -0.15) is 0 Å². The molecule has 0 aliphatic carbocycles. The Morgan fingerprint density at radius 1 is 1.38 bits per heavy atom. The Morgan fingerprint density at radius 2 is 2.15 bits per heavy atom. The van der Waals surface area contributed by atoms with Gasteiger partial charge < -0.3 is 20.3 Å². The van der Waals surface area contributed by atoms with E-state index in [-0.39, 0.29) is 35.9 Å². The molecule has 7 heteroatoms. The molecule has 0 radical (unpaired) electrons. The third kappa shape index (κ3) is 7.49. The highest BCUT2D eigenvalue weighted by molar-refractivity contribution is 14.0. The van der Waals surface area contributed by atoms with E-state index in [1.165, 1.54) is 0 Å². The van der Waals surface area contributed by atoms with E-state index in [1.807, 2.05) is 17.9 Å². The second kappa shape index (κ2) is 12.1. The van der Waals surface area contributed by atoms with Crippen molar-refractivity contribution in [2.45, 2.75) is 45.8 Å². The fourth-order valence-electron chi connectivity index (χ4n) is 2.93. The Bertz CT molecular complexity index is 595. The fourth-order valence-corrected chi connectivity index (χ4v) is 2.93. The van der Waals surface area contributed by atoms with Crippen molar-refractivity contribution in [1.29, 1.82) is 0 Å². The molecule has 1 aliphatic heterocycles. The molecule has 0 spiro atoms. The van der Waals surface area contributed by atoms with Gasteiger partial charge in [0.1, 0.15) is 0 Å². The summed E-state index contributed by atoms with van der Waals surface area (Å²) in [6.07, 6.45) is 1.65. The van der Waals surface area contributed by atoms with Crippen molar-refractivity contribution in [1.82, 2.24) is 15.5 Å². The molecule has 1 aliphatic rings. The topological polar surface area (TPSA) is 66.0 Å². The number of hydrogen-bond acceptors (Lipinski definition) is 3. The quantitative estimate of drug-likeness (QED) is 0.345. The first kappa shape index (κ1) is 22.7. The number of likely N-dealkylation sites (tertiary alicyclic amines) is 1. The van der Waals surface area contributed by atoms with Crippen molar-refractivity contribution < 1.29 is 9.53 Å². The number of halogens is 1. The van der Waals surface area contributed by atoms with Gasteiger partial charge in [0.05, 0.1) is 13.2 Å². The minimum absolute atomic E-state index is 0. The number of hydrogen-bond donors (Lipinski definition) is 2. The number of ether oxygens (including phenoxy) is 1. The molecular weight excluding hydrogens is 443 g/mol. The summed E-state index contributed by atoms with van der Waals surface area (Å²) in [7, 11) is 1.69. The van der Waals surface area contributed by atoms with Gasteiger partial charge in [-0.1, -0.05) is 24.3 Å². The highest BCUT2D eigenvalue weighted by Crippen LogP contribution is 2.15. The molecule has 2 rings (SSSR count). The molecule has 1 aromatic rings. The lowest BCUT2D eigenvalue weighted by Gasteiger charge is -2.17. The highest BCUT2D eigenvalue weighted by atomic mass is 127. The van der Waals surface area contributed by atoms with E-state index >= 15 is 0 Å². The molecule has 1 aromatic carbocycles. The van der Waals surface area contributed by atoms with Crippen LogP contribution in [-0.2, 0) is 22.6 Å². The zero-order valence-electron chi connectivity index (χ0n) is 16.0. The van der Waals surface area contributed by atoms with Crippen molar-refractivity contribution in [3.63, 3.8) is 0 Å². The van der Waals surface area contributed by atoms with E-state index in [0.29, 0.717) is 26.1 Å². The summed E-state index contributed by atoms with van der Waals surface area (Å²) in [5.41, 5.74) is 2.30. The van der Waals surface area contributed by atoms with Crippen LogP contribution in [0.4, 0.5) is 0 Å². The van der Waals surface area contributed by atoms with Crippen LogP contribution < -0.4 is 10.6 Å². The number of benzene rings is 1. The minimum Gasteiger partial charge on any atom is -0.383 e. The molecule has 146 valence electrons. The maximum atomic E-state index is 11.8. The molecule has 1 saturated heterocycles. The minimum atomic E-state index is 0. The molecule has 0 bridgehead atoms. The Morgan fingerprint density at radius 3 is 2.81 bits per heavy atom. The van der Waals surface area contributed by atoms with Gasteiger partial charge in [0.2, 0.25) is 5.91 Å². The van der Waals surface area contributed by atoms with E-state index in [1.54, 1.807) is 7.11 Å². The number of aliphatic imine (C=N–C) groups is 1. The Labute approximate surface area is 173 Å². The van der Waals surface area contributed by atoms with Crippen molar-refractivity contribution in [2.24, 2.45) is 4.99 Å². The van der Waals surface area contributed by atoms with Crippen LogP contribution in [0.15, 0.2) is 29.3 Å². The lowest BCUT2D eigenvalue weighted by Crippen LogP contribution is -2.43. The lowest BCUT2D eigenvalue weighted by atomic mass is 10.1. The predicted molar refractivity (Wildman–Crippen MR) is 116 cm³/mol. The van der Waals surface area contributed by atoms with E-state index in [2.05, 4.69) is 40.7 Å². The molecule has 26 heavy (non-hydrogen) atoms. The number of nitrogens with zero attached hydrogens (tertiary/aromatic N) is 2. The summed E-state index contributed by atoms with van der Waals surface area (Å²) in [6, 6.07) is 8.51. The SMILES string of the molecule is CCNC(=NCc1cccc(CN2CCCC2=O)c1)NC(C)COC.I. The number of methoxy groups -OCH3 is 1. The molecule has 2 N–H and O–H groups in total. The van der Waals surface area contributed by atoms with Gasteiger partial charge in [-0.15, -0.1) is 24.0 Å². The number of carbonyl (C=O) groups is 1. The van der Waals surface area contributed by atoms with Crippen LogP contribution in [0.5, 0.6) is 0 Å². The largest absolute Gasteiger partial charge is 0.383 e. The van der Waals surface area contributed by atoms with E-state index in [4.69, 9.17) is 4.74 Å². The monoisotopic (exact) mass is 474 g/mol. The number of nitrogens with one attached hydrogen (secondary N) is 2. The molecule has 0 saturated carbocycles. The Kier molecular flexibility index (Phi) is 10.6. The highest BCUT2D eigenvalue weighted by Gasteiger charge is 2.19. The average molecular weight is 474 g/mol. The molecule has 0 aromatic heterocycles. The Hall–Kier alpha value is -1.35. The van der Waals surface area contributed by atoms with E-state index in [0.717, 1.165) is 36.6 Å². The van der Waals surface area contributed by atoms with E-state index < -0.39 is 0 Å². The van der Waals surface area contributed by atoms with Crippen LogP contribution in [0.1, 0.15) is 37.8 Å². The number of rotatable bonds is 8. The molecule has 1 fully saturated rings. The van der Waals surface area contributed by atoms with Crippen LogP contribution in [0, 0.1) is 0 Å². The summed E-state index contributed by atoms with van der Waals surface area (Å²) in [4.78, 5) is 18.4. The number of guanidine groups is 1. The first-order valence-corrected chi connectivity index (χ1v) is 9.01. The van der Waals surface area contributed by atoms with Crippen molar-refractivity contribution in [3.05, 3.63) is 35.4 Å². The standard InChI is InChI=1S/C19H30N4O2.HI/c1-4-20-19(22-15(2)14-25-3)21-12-16-7-5-8-17(11-16)13-23-10-6-9-18(23)24;/h5,7-8,11,15H,4,6,9-10,12-14H2,1-3H3,(H2,20,21,22);1H. The normalized spacial score (nSPS) is 15.6. The zero-order chi connectivity index (χ0) is 18.1. The molecule has 1 unspecified atom stereocenters. The Balaban J connectivity index is 0.00000338. The summed E-state index contributed by atoms with van der Waals surface area (Å²) in [5.74, 6) is 1.04. The summed E-state index contributed by atoms with van der Waals surface area (Å²) < 4.78 is 5.16. The van der Waals surface area contributed by atoms with Gasteiger partial charge in [-0.3, -0.25) is 4.79 Å². The maximum absolute atomic E-state index is 11.8. The number of amides is 1. The predicted octanol–water partition coefficient (Wildman–Crippen LogP) is 2.52. The smallest absolute Gasteiger partial charge is 0.222 e. The average Bonchev–Trinajstić information content (AvgIpc) is 2.98. The molecule has 1 atom stereocenters. The summed E-state index contributed by atoms with van der Waals surface area (Å²) in [5, 5.41) is 6.58. The van der Waals surface area contributed by atoms with Crippen LogP contribution in [0.25, 0.3) is 0 Å². The second-order valence-electron chi connectivity index (χ2n) is 6.43. The van der Waals surface area contributed by atoms with Crippen molar-refractivity contribution in [3.8, 4) is 0 Å². The van der Waals surface area contributed by atoms with Gasteiger partial charge in [-0.05, 0) is 31.4 Å². The molecule has 6 nitrogen and oxygen atoms in total. The summed E-state index contributed by atoms with van der Waals surface area (Å²) >= 11 is 0. The van der Waals surface area contributed by atoms with Gasteiger partial charge in [0.15, 0.2) is 5.96 Å². The fraction of sp³-hybridized carbons (Fsp3) is 0.579. The molecule has 1 amide bonds. The maximum Gasteiger partial charge on any atom is 0.222 e. The lowest BCUT2D eigenvalue weighted by molar-refractivity contribution is -0.128. The summed E-state index contributed by atoms with van der Waals surface area (Å²) in [6.45, 7) is 7.70. The third-order valence-corrected chi connectivity index (χ3v) is 4.10. The first-order chi connectivity index (χ1) is 12.1. The van der Waals surface area contributed by atoms with Gasteiger partial charge >= 0.3 is 0 Å². The molecular formula is C19H31IN4O2. The van der Waals surface area contributed by atoms with E-state index in [9.17, 15) is 4.79 Å². The van der Waals surface area contributed by atoms with Gasteiger partial charge in [0.25, 0.3) is 0 Å².